The molecule has 4 heteroatoms. The van der Waals surface area contributed by atoms with Gasteiger partial charge in [-0.25, -0.2) is 0 Å². The van der Waals surface area contributed by atoms with Crippen molar-refractivity contribution in [3.05, 3.63) is 30.3 Å². The van der Waals surface area contributed by atoms with Crippen molar-refractivity contribution in [1.29, 1.82) is 0 Å². The third-order valence-electron chi connectivity index (χ3n) is 3.23. The average molecular weight is 330 g/mol. The van der Waals surface area contributed by atoms with E-state index in [0.29, 0.717) is 13.2 Å². The van der Waals surface area contributed by atoms with E-state index in [1.807, 2.05) is 30.3 Å². The lowest BCUT2D eigenvalue weighted by Gasteiger charge is -2.23. The predicted octanol–water partition coefficient (Wildman–Crippen LogP) is -0.717. The first-order chi connectivity index (χ1) is 10.1. The molecule has 0 bridgehead atoms. The molecular formula is C18H32ClNO2. The Labute approximate surface area is 142 Å². The Kier molecular flexibility index (Phi) is 12.3. The third-order valence-corrected chi connectivity index (χ3v) is 3.23. The van der Waals surface area contributed by atoms with Crippen molar-refractivity contribution in [2.45, 2.75) is 27.7 Å². The highest BCUT2D eigenvalue weighted by molar-refractivity contribution is 5.20. The number of quaternary nitrogens is 1. The minimum absolute atomic E-state index is 0. The molecule has 0 aliphatic rings. The van der Waals surface area contributed by atoms with Crippen LogP contribution in [0.15, 0.2) is 30.3 Å². The maximum absolute atomic E-state index is 5.70. The van der Waals surface area contributed by atoms with Gasteiger partial charge in [-0.1, -0.05) is 45.9 Å². The molecule has 128 valence electrons. The van der Waals surface area contributed by atoms with E-state index in [1.54, 1.807) is 4.90 Å². The van der Waals surface area contributed by atoms with Gasteiger partial charge in [0, 0.05) is 11.8 Å². The van der Waals surface area contributed by atoms with Crippen LogP contribution in [0.25, 0.3) is 0 Å². The van der Waals surface area contributed by atoms with Crippen molar-refractivity contribution in [2.24, 2.45) is 11.8 Å². The van der Waals surface area contributed by atoms with Crippen molar-refractivity contribution >= 4 is 0 Å². The fraction of sp³-hybridized carbons (Fsp3) is 0.667. The molecule has 0 atom stereocenters. The second-order valence-corrected chi connectivity index (χ2v) is 6.47. The van der Waals surface area contributed by atoms with Crippen molar-refractivity contribution in [2.75, 3.05) is 39.5 Å². The Morgan fingerprint density at radius 3 is 2.00 bits per heavy atom. The molecule has 22 heavy (non-hydrogen) atoms. The smallest absolute Gasteiger partial charge is 0.119 e. The van der Waals surface area contributed by atoms with Crippen LogP contribution in [0, 0.1) is 11.8 Å². The number of nitrogens with one attached hydrogen (secondary N) is 1. The van der Waals surface area contributed by atoms with E-state index in [0.717, 1.165) is 30.7 Å². The standard InChI is InChI=1S/C18H31NO2.ClH/c1-16(2)14-19(15-17(3)4)10-11-20-12-13-21-18-8-6-5-7-9-18;/h5-9,16-17H,10-15H2,1-4H3;1H. The Bertz CT molecular complexity index is 347. The quantitative estimate of drug-likeness (QED) is 0.542. The van der Waals surface area contributed by atoms with Gasteiger partial charge in [-0.2, -0.15) is 0 Å². The van der Waals surface area contributed by atoms with Crippen molar-refractivity contribution in [3.8, 4) is 5.75 Å². The maximum atomic E-state index is 5.70. The number of halogens is 1. The molecular weight excluding hydrogens is 298 g/mol. The van der Waals surface area contributed by atoms with E-state index < -0.39 is 0 Å². The predicted molar refractivity (Wildman–Crippen MR) is 88.0 cm³/mol. The van der Waals surface area contributed by atoms with E-state index in [-0.39, 0.29) is 12.4 Å². The summed E-state index contributed by atoms with van der Waals surface area (Å²) in [6.45, 7) is 14.8. The van der Waals surface area contributed by atoms with Gasteiger partial charge in [0.15, 0.2) is 0 Å². The second-order valence-electron chi connectivity index (χ2n) is 6.47. The molecule has 0 saturated heterocycles. The first-order valence-electron chi connectivity index (χ1n) is 8.17. The molecule has 0 aliphatic carbocycles. The molecule has 0 spiro atoms. The fourth-order valence-electron chi connectivity index (χ4n) is 2.50. The molecule has 1 aromatic rings. The summed E-state index contributed by atoms with van der Waals surface area (Å²) in [5, 5.41) is 0. The lowest BCUT2D eigenvalue weighted by atomic mass is 10.1. The number of rotatable bonds is 11. The molecule has 1 N–H and O–H groups in total. The summed E-state index contributed by atoms with van der Waals surface area (Å²) in [7, 11) is 0. The fourth-order valence-corrected chi connectivity index (χ4v) is 2.50. The zero-order valence-electron chi connectivity index (χ0n) is 14.5. The van der Waals surface area contributed by atoms with Gasteiger partial charge >= 0.3 is 0 Å². The van der Waals surface area contributed by atoms with Crippen LogP contribution in [0.4, 0.5) is 0 Å². The molecule has 0 aromatic heterocycles. The Morgan fingerprint density at radius 2 is 1.45 bits per heavy atom. The van der Waals surface area contributed by atoms with Crippen LogP contribution in [0.3, 0.4) is 0 Å². The number of para-hydroxylation sites is 1. The SMILES string of the molecule is CC(C)C[NH+](CCOCCOc1ccccc1)CC(C)C.[Cl-]. The van der Waals surface area contributed by atoms with Crippen molar-refractivity contribution < 1.29 is 26.8 Å². The van der Waals surface area contributed by atoms with Gasteiger partial charge in [-0.05, 0) is 12.1 Å². The summed E-state index contributed by atoms with van der Waals surface area (Å²) in [4.78, 5) is 1.64. The first kappa shape index (κ1) is 21.2. The molecule has 0 aliphatic heterocycles. The van der Waals surface area contributed by atoms with Gasteiger partial charge in [0.1, 0.15) is 18.9 Å². The lowest BCUT2D eigenvalue weighted by Crippen LogP contribution is -3.13. The van der Waals surface area contributed by atoms with Crippen LogP contribution < -0.4 is 22.0 Å². The van der Waals surface area contributed by atoms with Gasteiger partial charge in [0.05, 0.1) is 26.3 Å². The Balaban J connectivity index is 0.00000441. The van der Waals surface area contributed by atoms with E-state index >= 15 is 0 Å². The molecule has 0 radical (unpaired) electrons. The van der Waals surface area contributed by atoms with Gasteiger partial charge in [0.25, 0.3) is 0 Å². The van der Waals surface area contributed by atoms with Crippen LogP contribution in [-0.4, -0.2) is 39.5 Å². The summed E-state index contributed by atoms with van der Waals surface area (Å²) in [6.07, 6.45) is 0. The zero-order chi connectivity index (χ0) is 15.5. The molecule has 0 amide bonds. The highest BCUT2D eigenvalue weighted by Gasteiger charge is 2.12. The minimum atomic E-state index is 0. The molecule has 1 aromatic carbocycles. The van der Waals surface area contributed by atoms with E-state index in [9.17, 15) is 0 Å². The zero-order valence-corrected chi connectivity index (χ0v) is 15.2. The van der Waals surface area contributed by atoms with Gasteiger partial charge in [-0.15, -0.1) is 0 Å². The second kappa shape index (κ2) is 12.7. The minimum Gasteiger partial charge on any atom is -1.00 e. The van der Waals surface area contributed by atoms with Crippen LogP contribution in [0.5, 0.6) is 5.75 Å². The Hall–Kier alpha value is -0.770. The molecule has 0 saturated carbocycles. The van der Waals surface area contributed by atoms with E-state index in [2.05, 4.69) is 27.7 Å². The summed E-state index contributed by atoms with van der Waals surface area (Å²) in [6, 6.07) is 9.89. The van der Waals surface area contributed by atoms with Crippen molar-refractivity contribution in [3.63, 3.8) is 0 Å². The molecule has 1 rings (SSSR count). The number of benzene rings is 1. The van der Waals surface area contributed by atoms with Gasteiger partial charge in [-0.3, -0.25) is 0 Å². The van der Waals surface area contributed by atoms with Crippen molar-refractivity contribution in [1.82, 2.24) is 0 Å². The number of hydrogen-bond acceptors (Lipinski definition) is 2. The third kappa shape index (κ3) is 10.9. The molecule has 0 unspecified atom stereocenters. The summed E-state index contributed by atoms with van der Waals surface area (Å²) in [5.41, 5.74) is 0. The maximum Gasteiger partial charge on any atom is 0.119 e. The van der Waals surface area contributed by atoms with Gasteiger partial charge in [0.2, 0.25) is 0 Å². The largest absolute Gasteiger partial charge is 1.00 e. The lowest BCUT2D eigenvalue weighted by molar-refractivity contribution is -0.906. The van der Waals surface area contributed by atoms with Crippen LogP contribution >= 0.6 is 0 Å². The highest BCUT2D eigenvalue weighted by atomic mass is 35.5. The summed E-state index contributed by atoms with van der Waals surface area (Å²) >= 11 is 0. The Morgan fingerprint density at radius 1 is 0.864 bits per heavy atom. The normalized spacial score (nSPS) is 11.0. The topological polar surface area (TPSA) is 22.9 Å². The first-order valence-corrected chi connectivity index (χ1v) is 8.17. The highest BCUT2D eigenvalue weighted by Crippen LogP contribution is 2.07. The van der Waals surface area contributed by atoms with E-state index in [1.165, 1.54) is 13.1 Å². The van der Waals surface area contributed by atoms with E-state index in [4.69, 9.17) is 9.47 Å². The van der Waals surface area contributed by atoms with Crippen LogP contribution in [-0.2, 0) is 4.74 Å². The summed E-state index contributed by atoms with van der Waals surface area (Å²) in [5.74, 6) is 2.38. The number of hydrogen-bond donors (Lipinski definition) is 1. The molecule has 3 nitrogen and oxygen atoms in total. The van der Waals surface area contributed by atoms with Crippen LogP contribution in [0.1, 0.15) is 27.7 Å². The number of ether oxygens (including phenoxy) is 2. The average Bonchev–Trinajstić information content (AvgIpc) is 2.42. The van der Waals surface area contributed by atoms with Gasteiger partial charge < -0.3 is 26.8 Å². The molecule has 0 heterocycles. The molecule has 0 fully saturated rings. The monoisotopic (exact) mass is 329 g/mol. The van der Waals surface area contributed by atoms with Crippen LogP contribution in [0.2, 0.25) is 0 Å². The summed E-state index contributed by atoms with van der Waals surface area (Å²) < 4.78 is 11.3.